The van der Waals surface area contributed by atoms with Gasteiger partial charge in [-0.2, -0.15) is 0 Å². The lowest BCUT2D eigenvalue weighted by molar-refractivity contribution is -0.174. The fourth-order valence-corrected chi connectivity index (χ4v) is 3.96. The average molecular weight is 289 g/mol. The van der Waals surface area contributed by atoms with E-state index in [0.717, 1.165) is 18.8 Å². The van der Waals surface area contributed by atoms with E-state index < -0.39 is 0 Å². The fourth-order valence-electron chi connectivity index (χ4n) is 3.96. The van der Waals surface area contributed by atoms with Gasteiger partial charge in [-0.1, -0.05) is 18.6 Å². The Morgan fingerprint density at radius 3 is 2.52 bits per heavy atom. The number of hydrogen-bond donors (Lipinski definition) is 1. The summed E-state index contributed by atoms with van der Waals surface area (Å²) in [6.07, 6.45) is 5.65. The molecular weight excluding hydrogens is 262 g/mol. The smallest absolute Gasteiger partial charge is 0.118 e. The van der Waals surface area contributed by atoms with Crippen molar-refractivity contribution in [3.8, 4) is 5.75 Å². The van der Waals surface area contributed by atoms with Crippen LogP contribution in [0.2, 0.25) is 0 Å². The van der Waals surface area contributed by atoms with E-state index in [-0.39, 0.29) is 0 Å². The molecule has 0 saturated heterocycles. The normalized spacial score (nSPS) is 27.8. The second kappa shape index (κ2) is 5.98. The molecule has 2 aliphatic carbocycles. The number of ether oxygens (including phenoxy) is 2. The third-order valence-electron chi connectivity index (χ3n) is 5.50. The summed E-state index contributed by atoms with van der Waals surface area (Å²) in [6.45, 7) is 5.20. The molecule has 1 N–H and O–H groups in total. The monoisotopic (exact) mass is 289 g/mol. The SMILES string of the molecule is CCOC1CC(NC(C)c2ccc(OC)cc2)C12CCC2. The molecule has 21 heavy (non-hydrogen) atoms. The Hall–Kier alpha value is -1.06. The topological polar surface area (TPSA) is 30.5 Å². The Balaban J connectivity index is 1.61. The summed E-state index contributed by atoms with van der Waals surface area (Å²) in [5.41, 5.74) is 1.75. The summed E-state index contributed by atoms with van der Waals surface area (Å²) < 4.78 is 11.2. The van der Waals surface area contributed by atoms with E-state index in [9.17, 15) is 0 Å². The number of nitrogens with one attached hydrogen (secondary N) is 1. The van der Waals surface area contributed by atoms with Gasteiger partial charge in [-0.15, -0.1) is 0 Å². The Morgan fingerprint density at radius 2 is 2.00 bits per heavy atom. The molecule has 2 saturated carbocycles. The molecule has 3 rings (SSSR count). The van der Waals surface area contributed by atoms with E-state index in [4.69, 9.17) is 9.47 Å². The molecule has 0 heterocycles. The highest BCUT2D eigenvalue weighted by atomic mass is 16.5. The van der Waals surface area contributed by atoms with Gasteiger partial charge in [0.15, 0.2) is 0 Å². The van der Waals surface area contributed by atoms with Gasteiger partial charge in [-0.25, -0.2) is 0 Å². The van der Waals surface area contributed by atoms with Crippen molar-refractivity contribution >= 4 is 0 Å². The van der Waals surface area contributed by atoms with E-state index in [1.807, 2.05) is 12.1 Å². The van der Waals surface area contributed by atoms with Gasteiger partial charge in [0.25, 0.3) is 0 Å². The van der Waals surface area contributed by atoms with Gasteiger partial charge in [0.1, 0.15) is 5.75 Å². The Labute approximate surface area is 128 Å². The zero-order valence-corrected chi connectivity index (χ0v) is 13.4. The zero-order valence-electron chi connectivity index (χ0n) is 13.4. The molecule has 2 aliphatic rings. The summed E-state index contributed by atoms with van der Waals surface area (Å²) in [6, 6.07) is 9.37. The number of rotatable bonds is 6. The maximum absolute atomic E-state index is 5.93. The molecule has 3 unspecified atom stereocenters. The van der Waals surface area contributed by atoms with Crippen LogP contribution in [0.5, 0.6) is 5.75 Å². The van der Waals surface area contributed by atoms with Crippen molar-refractivity contribution in [2.24, 2.45) is 5.41 Å². The third-order valence-corrected chi connectivity index (χ3v) is 5.50. The summed E-state index contributed by atoms with van der Waals surface area (Å²) in [7, 11) is 1.71. The Morgan fingerprint density at radius 1 is 1.29 bits per heavy atom. The maximum Gasteiger partial charge on any atom is 0.118 e. The van der Waals surface area contributed by atoms with Gasteiger partial charge >= 0.3 is 0 Å². The first kappa shape index (κ1) is 14.9. The first-order valence-corrected chi connectivity index (χ1v) is 8.21. The lowest BCUT2D eigenvalue weighted by atomic mass is 9.51. The van der Waals surface area contributed by atoms with Crippen LogP contribution >= 0.6 is 0 Å². The Kier molecular flexibility index (Phi) is 4.23. The molecule has 3 atom stereocenters. The largest absolute Gasteiger partial charge is 0.497 e. The number of methoxy groups -OCH3 is 1. The van der Waals surface area contributed by atoms with Gasteiger partial charge in [0.05, 0.1) is 13.2 Å². The van der Waals surface area contributed by atoms with E-state index in [1.165, 1.54) is 24.8 Å². The van der Waals surface area contributed by atoms with Gasteiger partial charge in [-0.05, 0) is 50.8 Å². The van der Waals surface area contributed by atoms with Crippen molar-refractivity contribution in [3.05, 3.63) is 29.8 Å². The van der Waals surface area contributed by atoms with Crippen LogP contribution < -0.4 is 10.1 Å². The minimum Gasteiger partial charge on any atom is -0.497 e. The van der Waals surface area contributed by atoms with Crippen LogP contribution in [-0.4, -0.2) is 25.9 Å². The molecule has 1 aromatic carbocycles. The molecule has 2 fully saturated rings. The highest BCUT2D eigenvalue weighted by molar-refractivity contribution is 5.29. The first-order valence-electron chi connectivity index (χ1n) is 8.21. The fraction of sp³-hybridized carbons (Fsp3) is 0.667. The maximum atomic E-state index is 5.93. The van der Waals surface area contributed by atoms with Crippen molar-refractivity contribution in [1.82, 2.24) is 5.32 Å². The highest BCUT2D eigenvalue weighted by Gasteiger charge is 2.58. The molecule has 0 bridgehead atoms. The molecule has 0 amide bonds. The summed E-state index contributed by atoms with van der Waals surface area (Å²) in [5.74, 6) is 0.918. The highest BCUT2D eigenvalue weighted by Crippen LogP contribution is 2.57. The molecule has 3 heteroatoms. The predicted molar refractivity (Wildman–Crippen MR) is 84.6 cm³/mol. The average Bonchev–Trinajstić information content (AvgIpc) is 2.44. The van der Waals surface area contributed by atoms with Crippen LogP contribution in [0.25, 0.3) is 0 Å². The van der Waals surface area contributed by atoms with Crippen LogP contribution in [0.1, 0.15) is 51.1 Å². The summed E-state index contributed by atoms with van der Waals surface area (Å²) >= 11 is 0. The molecule has 1 spiro atoms. The Bertz CT molecular complexity index is 467. The standard InChI is InChI=1S/C18H27NO2/c1-4-21-17-12-16(18(17)10-5-11-18)19-13(2)14-6-8-15(20-3)9-7-14/h6-9,13,16-17,19H,4-5,10-12H2,1-3H3. The molecule has 1 aromatic rings. The van der Waals surface area contributed by atoms with Crippen LogP contribution in [0.4, 0.5) is 0 Å². The van der Waals surface area contributed by atoms with Crippen molar-refractivity contribution < 1.29 is 9.47 Å². The van der Waals surface area contributed by atoms with Crippen LogP contribution in [0.15, 0.2) is 24.3 Å². The van der Waals surface area contributed by atoms with E-state index in [2.05, 4.69) is 31.3 Å². The molecule has 0 radical (unpaired) electrons. The van der Waals surface area contributed by atoms with E-state index >= 15 is 0 Å². The van der Waals surface area contributed by atoms with E-state index in [1.54, 1.807) is 7.11 Å². The van der Waals surface area contributed by atoms with Gasteiger partial charge in [0.2, 0.25) is 0 Å². The van der Waals surface area contributed by atoms with Crippen molar-refractivity contribution in [2.45, 2.75) is 57.7 Å². The van der Waals surface area contributed by atoms with Gasteiger partial charge in [0, 0.05) is 24.1 Å². The summed E-state index contributed by atoms with van der Waals surface area (Å²) in [5, 5.41) is 3.83. The van der Waals surface area contributed by atoms with E-state index in [0.29, 0.717) is 23.6 Å². The quantitative estimate of drug-likeness (QED) is 0.866. The van der Waals surface area contributed by atoms with Crippen molar-refractivity contribution in [3.63, 3.8) is 0 Å². The zero-order chi connectivity index (χ0) is 14.9. The number of benzene rings is 1. The van der Waals surface area contributed by atoms with Crippen LogP contribution in [0.3, 0.4) is 0 Å². The summed E-state index contributed by atoms with van der Waals surface area (Å²) in [4.78, 5) is 0. The second-order valence-electron chi connectivity index (χ2n) is 6.48. The predicted octanol–water partition coefficient (Wildman–Crippen LogP) is 3.69. The van der Waals surface area contributed by atoms with Crippen molar-refractivity contribution in [1.29, 1.82) is 0 Å². The lowest BCUT2D eigenvalue weighted by Gasteiger charge is -2.61. The molecule has 3 nitrogen and oxygen atoms in total. The minimum atomic E-state index is 0.376. The van der Waals surface area contributed by atoms with Gasteiger partial charge < -0.3 is 14.8 Å². The first-order chi connectivity index (χ1) is 10.2. The van der Waals surface area contributed by atoms with Crippen molar-refractivity contribution in [2.75, 3.05) is 13.7 Å². The lowest BCUT2D eigenvalue weighted by Crippen LogP contribution is -2.67. The number of hydrogen-bond acceptors (Lipinski definition) is 3. The van der Waals surface area contributed by atoms with Gasteiger partial charge in [-0.3, -0.25) is 0 Å². The minimum absolute atomic E-state index is 0.376. The molecule has 116 valence electrons. The molecule has 0 aliphatic heterocycles. The van der Waals surface area contributed by atoms with Crippen LogP contribution in [0, 0.1) is 5.41 Å². The molecule has 0 aromatic heterocycles. The van der Waals surface area contributed by atoms with Crippen LogP contribution in [-0.2, 0) is 4.74 Å². The third kappa shape index (κ3) is 2.58. The molecular formula is C18H27NO2. The second-order valence-corrected chi connectivity index (χ2v) is 6.48.